The number of hydrogen-bond acceptors (Lipinski definition) is 6. The number of aromatic hydroxyl groups is 4. The minimum Gasteiger partial charge on any atom is -0.507 e. The molecule has 0 aliphatic heterocycles. The molecule has 0 atom stereocenters. The summed E-state index contributed by atoms with van der Waals surface area (Å²) in [6.07, 6.45) is 0. The van der Waals surface area contributed by atoms with Gasteiger partial charge in [-0.3, -0.25) is 4.79 Å². The molecule has 6 nitrogen and oxygen atoms in total. The van der Waals surface area contributed by atoms with Crippen molar-refractivity contribution >= 4 is 11.0 Å². The van der Waals surface area contributed by atoms with Crippen LogP contribution in [0.15, 0.2) is 45.6 Å². The van der Waals surface area contributed by atoms with Crippen molar-refractivity contribution in [1.82, 2.24) is 0 Å². The lowest BCUT2D eigenvalue weighted by atomic mass is 10.1. The summed E-state index contributed by atoms with van der Waals surface area (Å²) in [6, 6.07) is 8.20. The maximum atomic E-state index is 12.1. The van der Waals surface area contributed by atoms with Crippen molar-refractivity contribution < 1.29 is 24.8 Å². The van der Waals surface area contributed by atoms with Gasteiger partial charge in [0.05, 0.1) is 10.9 Å². The van der Waals surface area contributed by atoms with Crippen LogP contribution in [0.4, 0.5) is 0 Å². The second-order valence-corrected chi connectivity index (χ2v) is 4.46. The number of phenolic OH excluding ortho intramolecular Hbond substituents is 3. The fraction of sp³-hybridized carbons (Fsp3) is 0. The summed E-state index contributed by atoms with van der Waals surface area (Å²) in [5.41, 5.74) is -0.535. The highest BCUT2D eigenvalue weighted by Crippen LogP contribution is 2.41. The zero-order chi connectivity index (χ0) is 15.1. The lowest BCUT2D eigenvalue weighted by Gasteiger charge is -2.08. The van der Waals surface area contributed by atoms with Gasteiger partial charge in [-0.15, -0.1) is 0 Å². The smallest absolute Gasteiger partial charge is 0.235 e. The van der Waals surface area contributed by atoms with Crippen molar-refractivity contribution in [2.45, 2.75) is 0 Å². The molecule has 1 aromatic heterocycles. The number of rotatable bonds is 1. The van der Waals surface area contributed by atoms with E-state index in [0.29, 0.717) is 0 Å². The van der Waals surface area contributed by atoms with E-state index in [-0.39, 0.29) is 22.3 Å². The molecular formula is C15H10O6. The molecule has 0 saturated carbocycles. The van der Waals surface area contributed by atoms with Crippen LogP contribution in [0.5, 0.6) is 23.0 Å². The van der Waals surface area contributed by atoms with Crippen molar-refractivity contribution in [1.29, 1.82) is 0 Å². The Hall–Kier alpha value is -3.15. The Morgan fingerprint density at radius 3 is 2.29 bits per heavy atom. The number of hydrogen-bond donors (Lipinski definition) is 4. The van der Waals surface area contributed by atoms with Crippen molar-refractivity contribution in [2.24, 2.45) is 0 Å². The van der Waals surface area contributed by atoms with E-state index in [4.69, 9.17) is 4.42 Å². The van der Waals surface area contributed by atoms with Gasteiger partial charge in [-0.25, -0.2) is 0 Å². The molecule has 0 aliphatic carbocycles. The molecule has 6 heteroatoms. The van der Waals surface area contributed by atoms with Crippen LogP contribution in [0.3, 0.4) is 0 Å². The normalized spacial score (nSPS) is 10.9. The summed E-state index contributed by atoms with van der Waals surface area (Å²) in [6.45, 7) is 0. The third-order valence-corrected chi connectivity index (χ3v) is 3.11. The summed E-state index contributed by atoms with van der Waals surface area (Å²) in [5.74, 6) is -2.46. The molecular weight excluding hydrogens is 276 g/mol. The Bertz CT molecular complexity index is 910. The van der Waals surface area contributed by atoms with E-state index in [1.807, 2.05) is 0 Å². The Kier molecular flexibility index (Phi) is 2.72. The van der Waals surface area contributed by atoms with E-state index in [1.54, 1.807) is 12.1 Å². The molecule has 0 bridgehead atoms. The van der Waals surface area contributed by atoms with Gasteiger partial charge in [-0.05, 0) is 18.2 Å². The Balaban J connectivity index is 2.38. The second kappa shape index (κ2) is 4.45. The molecule has 0 radical (unpaired) electrons. The predicted molar refractivity (Wildman–Crippen MR) is 74.6 cm³/mol. The van der Waals surface area contributed by atoms with Crippen LogP contribution >= 0.6 is 0 Å². The van der Waals surface area contributed by atoms with Gasteiger partial charge < -0.3 is 24.8 Å². The fourth-order valence-corrected chi connectivity index (χ4v) is 2.06. The summed E-state index contributed by atoms with van der Waals surface area (Å²) in [5, 5.41) is 38.8. The van der Waals surface area contributed by atoms with Gasteiger partial charge in [0.1, 0.15) is 11.3 Å². The van der Waals surface area contributed by atoms with E-state index in [9.17, 15) is 25.2 Å². The van der Waals surface area contributed by atoms with Crippen molar-refractivity contribution in [2.75, 3.05) is 0 Å². The lowest BCUT2D eigenvalue weighted by molar-refractivity contribution is 0.396. The molecule has 0 aliphatic rings. The van der Waals surface area contributed by atoms with Crippen LogP contribution in [0.25, 0.3) is 22.3 Å². The molecule has 3 rings (SSSR count). The van der Waals surface area contributed by atoms with Gasteiger partial charge in [-0.1, -0.05) is 12.1 Å². The number of fused-ring (bicyclic) bond motifs is 1. The fourth-order valence-electron chi connectivity index (χ4n) is 2.06. The maximum absolute atomic E-state index is 12.1. The number of phenols is 3. The average molecular weight is 286 g/mol. The van der Waals surface area contributed by atoms with E-state index < -0.39 is 28.4 Å². The molecule has 3 aromatic rings. The maximum Gasteiger partial charge on any atom is 0.235 e. The van der Waals surface area contributed by atoms with E-state index in [2.05, 4.69) is 0 Å². The zero-order valence-electron chi connectivity index (χ0n) is 10.6. The average Bonchev–Trinajstić information content (AvgIpc) is 2.47. The zero-order valence-corrected chi connectivity index (χ0v) is 10.6. The topological polar surface area (TPSA) is 111 Å². The minimum absolute atomic E-state index is 0.106. The van der Waals surface area contributed by atoms with Crippen LogP contribution in [0.1, 0.15) is 0 Å². The molecule has 0 saturated heterocycles. The minimum atomic E-state index is -0.686. The van der Waals surface area contributed by atoms with Gasteiger partial charge in [0.25, 0.3) is 0 Å². The van der Waals surface area contributed by atoms with Crippen molar-refractivity contribution in [3.05, 3.63) is 46.6 Å². The lowest BCUT2D eigenvalue weighted by Crippen LogP contribution is -2.02. The predicted octanol–water partition coefficient (Wildman–Crippen LogP) is 2.28. The quantitative estimate of drug-likeness (QED) is 0.403. The second-order valence-electron chi connectivity index (χ2n) is 4.46. The molecule has 2 aromatic carbocycles. The third kappa shape index (κ3) is 1.93. The van der Waals surface area contributed by atoms with Gasteiger partial charge >= 0.3 is 0 Å². The highest BCUT2D eigenvalue weighted by molar-refractivity contribution is 5.83. The third-order valence-electron chi connectivity index (χ3n) is 3.11. The van der Waals surface area contributed by atoms with Gasteiger partial charge in [0.2, 0.25) is 11.2 Å². The van der Waals surface area contributed by atoms with Gasteiger partial charge in [0, 0.05) is 6.07 Å². The monoisotopic (exact) mass is 286 g/mol. The molecule has 0 fully saturated rings. The highest BCUT2D eigenvalue weighted by atomic mass is 16.4. The van der Waals surface area contributed by atoms with E-state index in [1.165, 1.54) is 12.1 Å². The van der Waals surface area contributed by atoms with Crippen molar-refractivity contribution in [3.63, 3.8) is 0 Å². The molecule has 0 spiro atoms. The molecule has 21 heavy (non-hydrogen) atoms. The molecule has 1 heterocycles. The molecule has 106 valence electrons. The van der Waals surface area contributed by atoms with Crippen LogP contribution in [0.2, 0.25) is 0 Å². The summed E-state index contributed by atoms with van der Waals surface area (Å²) >= 11 is 0. The first-order chi connectivity index (χ1) is 9.99. The Morgan fingerprint density at radius 2 is 1.52 bits per heavy atom. The number of benzene rings is 2. The SMILES string of the molecule is O=c1c(O)c(-c2cc(O)c(O)cc2O)oc2ccccc12. The first-order valence-electron chi connectivity index (χ1n) is 5.99. The first-order valence-corrected chi connectivity index (χ1v) is 5.99. The van der Waals surface area contributed by atoms with Crippen molar-refractivity contribution in [3.8, 4) is 34.3 Å². The van der Waals surface area contributed by atoms with E-state index >= 15 is 0 Å². The molecule has 0 unspecified atom stereocenters. The number of para-hydroxylation sites is 1. The molecule has 0 amide bonds. The van der Waals surface area contributed by atoms with Crippen LogP contribution in [-0.2, 0) is 0 Å². The summed E-state index contributed by atoms with van der Waals surface area (Å²) in [4.78, 5) is 12.1. The summed E-state index contributed by atoms with van der Waals surface area (Å²) in [7, 11) is 0. The van der Waals surface area contributed by atoms with Gasteiger partial charge in [-0.2, -0.15) is 0 Å². The van der Waals surface area contributed by atoms with Gasteiger partial charge in [0.15, 0.2) is 17.3 Å². The summed E-state index contributed by atoms with van der Waals surface area (Å²) < 4.78 is 5.43. The van der Waals surface area contributed by atoms with Crippen LogP contribution < -0.4 is 5.43 Å². The standard InChI is InChI=1S/C15H10O6/c16-9-6-11(18)10(17)5-8(9)15-14(20)13(19)7-3-1-2-4-12(7)21-15/h1-6,16-18,20H. The largest absolute Gasteiger partial charge is 0.507 e. The Morgan fingerprint density at radius 1 is 0.857 bits per heavy atom. The highest BCUT2D eigenvalue weighted by Gasteiger charge is 2.19. The van der Waals surface area contributed by atoms with E-state index in [0.717, 1.165) is 12.1 Å². The van der Waals surface area contributed by atoms with Crippen LogP contribution in [0, 0.1) is 0 Å². The Labute approximate surface area is 117 Å². The van der Waals surface area contributed by atoms with Crippen LogP contribution in [-0.4, -0.2) is 20.4 Å². The first kappa shape index (κ1) is 12.9. The molecule has 4 N–H and O–H groups in total.